The van der Waals surface area contributed by atoms with Gasteiger partial charge in [0.15, 0.2) is 0 Å². The summed E-state index contributed by atoms with van der Waals surface area (Å²) in [4.78, 5) is 24.0. The van der Waals surface area contributed by atoms with Crippen LogP contribution in [0.1, 0.15) is 39.1 Å². The summed E-state index contributed by atoms with van der Waals surface area (Å²) in [5, 5.41) is 5.97. The van der Waals surface area contributed by atoms with Crippen LogP contribution in [0.15, 0.2) is 71.6 Å². The quantitative estimate of drug-likeness (QED) is 0.357. The van der Waals surface area contributed by atoms with Gasteiger partial charge in [-0.15, -0.1) is 0 Å². The van der Waals surface area contributed by atoms with Crippen molar-refractivity contribution in [2.24, 2.45) is 0 Å². The summed E-state index contributed by atoms with van der Waals surface area (Å²) in [6, 6.07) is 9.46. The Hall–Kier alpha value is -4.29. The van der Waals surface area contributed by atoms with Crippen LogP contribution in [-0.2, 0) is 18.8 Å². The maximum Gasteiger partial charge on any atom is 0.471 e. The fourth-order valence-corrected chi connectivity index (χ4v) is 3.27. The first kappa shape index (κ1) is 24.8. The third kappa shape index (κ3) is 5.85. The minimum Gasteiger partial charge on any atom is -0.345 e. The summed E-state index contributed by atoms with van der Waals surface area (Å²) in [5.41, 5.74) is -0.0296. The van der Waals surface area contributed by atoms with E-state index < -0.39 is 35.8 Å². The van der Waals surface area contributed by atoms with Gasteiger partial charge in [0.2, 0.25) is 5.82 Å². The molecule has 0 bridgehead atoms. The number of rotatable bonds is 6. The molecule has 1 atom stereocenters. The molecule has 4 aromatic rings. The van der Waals surface area contributed by atoms with Gasteiger partial charge in [0.25, 0.3) is 5.91 Å². The number of benzene rings is 1. The molecule has 0 spiro atoms. The van der Waals surface area contributed by atoms with Crippen molar-refractivity contribution in [2.75, 3.05) is 0 Å². The predicted molar refractivity (Wildman–Crippen MR) is 112 cm³/mol. The van der Waals surface area contributed by atoms with E-state index in [0.29, 0.717) is 5.69 Å². The van der Waals surface area contributed by atoms with Crippen molar-refractivity contribution >= 4 is 5.91 Å². The summed E-state index contributed by atoms with van der Waals surface area (Å²) >= 11 is 0. The van der Waals surface area contributed by atoms with Crippen LogP contribution in [0.4, 0.5) is 26.3 Å². The lowest BCUT2D eigenvalue weighted by molar-refractivity contribution is -0.159. The zero-order chi connectivity index (χ0) is 25.9. The minimum absolute atomic E-state index is 0.0202. The summed E-state index contributed by atoms with van der Waals surface area (Å²) in [7, 11) is 0. The smallest absolute Gasteiger partial charge is 0.345 e. The Balaban J connectivity index is 1.60. The van der Waals surface area contributed by atoms with Crippen LogP contribution >= 0.6 is 0 Å². The minimum atomic E-state index is -4.80. The zero-order valence-electron chi connectivity index (χ0n) is 18.0. The summed E-state index contributed by atoms with van der Waals surface area (Å²) in [6.07, 6.45) is -5.43. The van der Waals surface area contributed by atoms with Gasteiger partial charge in [0.05, 0.1) is 17.2 Å². The van der Waals surface area contributed by atoms with Gasteiger partial charge in [-0.25, -0.2) is 0 Å². The third-order valence-electron chi connectivity index (χ3n) is 5.01. The number of carbonyl (C=O) groups excluding carboxylic acids is 1. The molecule has 0 saturated carbocycles. The molecule has 1 aromatic carbocycles. The standard InChI is InChI=1S/C23H15F6N5O2/c24-22(25,26)16-5-1-3-13(9-16)18(32-20(35)15-4-2-8-30-11-15)10-17-7-6-14(12-31-17)19-33-21(36-34-19)23(27,28)29/h1-9,11-12,18H,10H2,(H,32,35). The first-order chi connectivity index (χ1) is 17.0. The van der Waals surface area contributed by atoms with Crippen molar-refractivity contribution in [3.8, 4) is 11.4 Å². The monoisotopic (exact) mass is 507 g/mol. The molecule has 0 aliphatic heterocycles. The number of hydrogen-bond acceptors (Lipinski definition) is 6. The Morgan fingerprint density at radius 2 is 1.78 bits per heavy atom. The van der Waals surface area contributed by atoms with Crippen molar-refractivity contribution in [1.82, 2.24) is 25.4 Å². The average molecular weight is 507 g/mol. The van der Waals surface area contributed by atoms with Crippen LogP contribution < -0.4 is 5.32 Å². The number of amides is 1. The van der Waals surface area contributed by atoms with Gasteiger partial charge in [0, 0.05) is 36.3 Å². The molecule has 3 aromatic heterocycles. The van der Waals surface area contributed by atoms with Gasteiger partial charge in [-0.3, -0.25) is 14.8 Å². The van der Waals surface area contributed by atoms with Gasteiger partial charge >= 0.3 is 18.2 Å². The maximum atomic E-state index is 13.3. The highest BCUT2D eigenvalue weighted by Crippen LogP contribution is 2.32. The second-order valence-corrected chi connectivity index (χ2v) is 7.55. The molecule has 0 radical (unpaired) electrons. The van der Waals surface area contributed by atoms with E-state index in [0.717, 1.165) is 12.1 Å². The fourth-order valence-electron chi connectivity index (χ4n) is 3.27. The number of alkyl halides is 6. The first-order valence-corrected chi connectivity index (χ1v) is 10.2. The molecular weight excluding hydrogens is 492 g/mol. The number of nitrogens with one attached hydrogen (secondary N) is 1. The number of nitrogens with zero attached hydrogens (tertiary/aromatic N) is 4. The molecule has 0 aliphatic rings. The Labute approximate surface area is 199 Å². The topological polar surface area (TPSA) is 93.8 Å². The molecule has 1 amide bonds. The largest absolute Gasteiger partial charge is 0.471 e. The van der Waals surface area contributed by atoms with E-state index in [1.54, 1.807) is 0 Å². The summed E-state index contributed by atoms with van der Waals surface area (Å²) in [6.45, 7) is 0. The Bertz CT molecular complexity index is 1340. The summed E-state index contributed by atoms with van der Waals surface area (Å²) < 4.78 is 82.1. The van der Waals surface area contributed by atoms with Gasteiger partial charge < -0.3 is 9.84 Å². The van der Waals surface area contributed by atoms with Crippen molar-refractivity contribution in [1.29, 1.82) is 0 Å². The van der Waals surface area contributed by atoms with E-state index >= 15 is 0 Å². The molecule has 4 rings (SSSR count). The van der Waals surface area contributed by atoms with E-state index in [9.17, 15) is 31.1 Å². The van der Waals surface area contributed by atoms with Crippen molar-refractivity contribution in [3.05, 3.63) is 95.4 Å². The van der Waals surface area contributed by atoms with Gasteiger partial charge in [-0.2, -0.15) is 31.3 Å². The highest BCUT2D eigenvalue weighted by molar-refractivity contribution is 5.94. The maximum absolute atomic E-state index is 13.3. The van der Waals surface area contributed by atoms with Crippen LogP contribution in [0.25, 0.3) is 11.4 Å². The second-order valence-electron chi connectivity index (χ2n) is 7.55. The molecule has 0 saturated heterocycles. The molecule has 0 aliphatic carbocycles. The number of pyridine rings is 2. The van der Waals surface area contributed by atoms with Gasteiger partial charge in [-0.05, 0) is 42.0 Å². The molecule has 36 heavy (non-hydrogen) atoms. The van der Waals surface area contributed by atoms with Crippen molar-refractivity contribution < 1.29 is 35.7 Å². The molecule has 13 heteroatoms. The molecule has 186 valence electrons. The molecule has 0 fully saturated rings. The SMILES string of the molecule is O=C(NC(Cc1ccc(-c2noc(C(F)(F)F)n2)cn1)c1cccc(C(F)(F)F)c1)c1cccnc1. The molecule has 1 N–H and O–H groups in total. The highest BCUT2D eigenvalue weighted by atomic mass is 19.4. The van der Waals surface area contributed by atoms with E-state index in [2.05, 4.69) is 29.9 Å². The van der Waals surface area contributed by atoms with E-state index in [1.165, 1.54) is 55.0 Å². The molecule has 7 nitrogen and oxygen atoms in total. The molecule has 1 unspecified atom stereocenters. The average Bonchev–Trinajstić information content (AvgIpc) is 3.35. The first-order valence-electron chi connectivity index (χ1n) is 10.2. The number of halogens is 6. The lowest BCUT2D eigenvalue weighted by Crippen LogP contribution is -2.30. The zero-order valence-corrected chi connectivity index (χ0v) is 18.0. The Morgan fingerprint density at radius 1 is 0.972 bits per heavy atom. The molecular formula is C23H15F6N5O2. The van der Waals surface area contributed by atoms with Crippen LogP contribution in [-0.4, -0.2) is 26.0 Å². The van der Waals surface area contributed by atoms with E-state index in [4.69, 9.17) is 0 Å². The fraction of sp³-hybridized carbons (Fsp3) is 0.174. The molecule has 3 heterocycles. The van der Waals surface area contributed by atoms with Crippen LogP contribution in [0.2, 0.25) is 0 Å². The van der Waals surface area contributed by atoms with Gasteiger partial charge in [0.1, 0.15) is 0 Å². The van der Waals surface area contributed by atoms with Crippen molar-refractivity contribution in [3.63, 3.8) is 0 Å². The Kier molecular flexibility index (Phi) is 6.73. The number of carbonyl (C=O) groups is 1. The third-order valence-corrected chi connectivity index (χ3v) is 5.01. The summed E-state index contributed by atoms with van der Waals surface area (Å²) in [5.74, 6) is -2.40. The van der Waals surface area contributed by atoms with Crippen LogP contribution in [0, 0.1) is 0 Å². The van der Waals surface area contributed by atoms with Crippen LogP contribution in [0.5, 0.6) is 0 Å². The highest BCUT2D eigenvalue weighted by Gasteiger charge is 2.38. The second kappa shape index (κ2) is 9.76. The van der Waals surface area contributed by atoms with Crippen LogP contribution in [0.3, 0.4) is 0 Å². The van der Waals surface area contributed by atoms with E-state index in [1.807, 2.05) is 0 Å². The lowest BCUT2D eigenvalue weighted by atomic mass is 9.98. The normalized spacial score (nSPS) is 12.8. The lowest BCUT2D eigenvalue weighted by Gasteiger charge is -2.20. The Morgan fingerprint density at radius 3 is 2.39 bits per heavy atom. The van der Waals surface area contributed by atoms with Gasteiger partial charge in [-0.1, -0.05) is 17.3 Å². The number of hydrogen-bond donors (Lipinski definition) is 1. The van der Waals surface area contributed by atoms with E-state index in [-0.39, 0.29) is 28.9 Å². The number of aromatic nitrogens is 4. The predicted octanol–water partition coefficient (Wildman–Crippen LogP) is 5.28. The van der Waals surface area contributed by atoms with Crippen molar-refractivity contribution in [2.45, 2.75) is 24.8 Å².